The zero-order valence-corrected chi connectivity index (χ0v) is 13.2. The predicted octanol–water partition coefficient (Wildman–Crippen LogP) is 2.80. The SMILES string of the molecule is N#Cc1ccc(NC(=O)N2CCCc3cc(Cl)c(C=O)nc32)nc1. The molecule has 0 unspecified atom stereocenters. The van der Waals surface area contributed by atoms with Crippen molar-refractivity contribution in [1.82, 2.24) is 9.97 Å². The molecule has 0 atom stereocenters. The lowest BCUT2D eigenvalue weighted by molar-refractivity contribution is 0.111. The molecule has 0 spiro atoms. The molecule has 0 bridgehead atoms. The molecular formula is C16H12ClN5O2. The summed E-state index contributed by atoms with van der Waals surface area (Å²) in [7, 11) is 0. The number of carbonyl (C=O) groups excluding carboxylic acids is 2. The number of aryl methyl sites for hydroxylation is 1. The minimum atomic E-state index is -0.403. The van der Waals surface area contributed by atoms with Gasteiger partial charge in [-0.15, -0.1) is 0 Å². The maximum Gasteiger partial charge on any atom is 0.328 e. The van der Waals surface area contributed by atoms with E-state index in [-0.39, 0.29) is 10.7 Å². The number of hydrogen-bond donors (Lipinski definition) is 1. The van der Waals surface area contributed by atoms with E-state index in [2.05, 4.69) is 15.3 Å². The van der Waals surface area contributed by atoms with Gasteiger partial charge in [-0.1, -0.05) is 11.6 Å². The van der Waals surface area contributed by atoms with E-state index in [0.717, 1.165) is 18.4 Å². The molecule has 0 saturated carbocycles. The summed E-state index contributed by atoms with van der Waals surface area (Å²) in [5.41, 5.74) is 1.33. The lowest BCUT2D eigenvalue weighted by Gasteiger charge is -2.28. The minimum absolute atomic E-state index is 0.103. The summed E-state index contributed by atoms with van der Waals surface area (Å²) in [4.78, 5) is 33.2. The number of pyridine rings is 2. The number of urea groups is 1. The number of nitriles is 1. The van der Waals surface area contributed by atoms with E-state index in [9.17, 15) is 9.59 Å². The molecule has 0 aromatic carbocycles. The third-order valence-corrected chi connectivity index (χ3v) is 3.93. The molecule has 7 nitrogen and oxygen atoms in total. The third kappa shape index (κ3) is 3.05. The lowest BCUT2D eigenvalue weighted by Crippen LogP contribution is -2.39. The molecule has 1 aliphatic heterocycles. The molecule has 3 heterocycles. The molecule has 8 heteroatoms. The summed E-state index contributed by atoms with van der Waals surface area (Å²) in [6.07, 6.45) is 3.44. The van der Waals surface area contributed by atoms with Crippen LogP contribution >= 0.6 is 11.6 Å². The van der Waals surface area contributed by atoms with Crippen LogP contribution in [0.25, 0.3) is 0 Å². The second-order valence-electron chi connectivity index (χ2n) is 5.19. The molecule has 1 aliphatic rings. The van der Waals surface area contributed by atoms with Crippen LogP contribution in [-0.2, 0) is 6.42 Å². The maximum atomic E-state index is 12.5. The van der Waals surface area contributed by atoms with Crippen LogP contribution in [0.1, 0.15) is 28.0 Å². The number of carbonyl (C=O) groups is 2. The fourth-order valence-corrected chi connectivity index (χ4v) is 2.69. The molecule has 2 amide bonds. The second kappa shape index (κ2) is 6.64. The first-order valence-corrected chi connectivity index (χ1v) is 7.59. The Balaban J connectivity index is 1.86. The number of aromatic nitrogens is 2. The molecule has 1 N–H and O–H groups in total. The van der Waals surface area contributed by atoms with E-state index in [1.807, 2.05) is 6.07 Å². The Labute approximate surface area is 142 Å². The zero-order chi connectivity index (χ0) is 17.1. The van der Waals surface area contributed by atoms with E-state index in [1.165, 1.54) is 11.1 Å². The van der Waals surface area contributed by atoms with Gasteiger partial charge in [0.25, 0.3) is 0 Å². The first-order valence-electron chi connectivity index (χ1n) is 7.21. The van der Waals surface area contributed by atoms with E-state index in [1.54, 1.807) is 18.2 Å². The highest BCUT2D eigenvalue weighted by molar-refractivity contribution is 6.32. The van der Waals surface area contributed by atoms with Gasteiger partial charge < -0.3 is 0 Å². The van der Waals surface area contributed by atoms with Gasteiger partial charge in [0.05, 0.1) is 10.6 Å². The summed E-state index contributed by atoms with van der Waals surface area (Å²) in [5, 5.41) is 11.7. The highest BCUT2D eigenvalue weighted by Gasteiger charge is 2.25. The van der Waals surface area contributed by atoms with Crippen molar-refractivity contribution in [2.75, 3.05) is 16.8 Å². The van der Waals surface area contributed by atoms with Crippen LogP contribution in [-0.4, -0.2) is 28.8 Å². The van der Waals surface area contributed by atoms with Crippen LogP contribution in [0.4, 0.5) is 16.4 Å². The van der Waals surface area contributed by atoms with Crippen molar-refractivity contribution in [3.63, 3.8) is 0 Å². The van der Waals surface area contributed by atoms with E-state index < -0.39 is 6.03 Å². The van der Waals surface area contributed by atoms with Gasteiger partial charge in [-0.3, -0.25) is 15.0 Å². The standard InChI is InChI=1S/C16H12ClN5O2/c17-12-6-11-2-1-5-22(15(11)20-13(12)9-23)16(24)21-14-4-3-10(7-18)8-19-14/h3-4,6,8-9H,1-2,5H2,(H,19,21,24). The summed E-state index contributed by atoms with van der Waals surface area (Å²) >= 11 is 6.00. The van der Waals surface area contributed by atoms with Crippen LogP contribution in [0.2, 0.25) is 5.02 Å². The van der Waals surface area contributed by atoms with Gasteiger partial charge in [-0.25, -0.2) is 14.8 Å². The van der Waals surface area contributed by atoms with Gasteiger partial charge in [0.1, 0.15) is 23.4 Å². The minimum Gasteiger partial charge on any atom is -0.296 e. The quantitative estimate of drug-likeness (QED) is 0.847. The fourth-order valence-electron chi connectivity index (χ4n) is 2.47. The van der Waals surface area contributed by atoms with Gasteiger partial charge in [0.2, 0.25) is 0 Å². The number of anilines is 2. The molecule has 0 radical (unpaired) electrons. The normalized spacial score (nSPS) is 12.9. The van der Waals surface area contributed by atoms with Gasteiger partial charge in [0.15, 0.2) is 6.29 Å². The molecule has 2 aromatic heterocycles. The van der Waals surface area contributed by atoms with Crippen LogP contribution in [0, 0.1) is 11.3 Å². The van der Waals surface area contributed by atoms with Gasteiger partial charge in [-0.2, -0.15) is 5.26 Å². The highest BCUT2D eigenvalue weighted by atomic mass is 35.5. The number of fused-ring (bicyclic) bond motifs is 1. The van der Waals surface area contributed by atoms with Crippen molar-refractivity contribution in [1.29, 1.82) is 5.26 Å². The Kier molecular flexibility index (Phi) is 4.40. The van der Waals surface area contributed by atoms with Gasteiger partial charge in [-0.05, 0) is 36.6 Å². The third-order valence-electron chi connectivity index (χ3n) is 3.63. The average Bonchev–Trinajstić information content (AvgIpc) is 2.61. The van der Waals surface area contributed by atoms with Crippen molar-refractivity contribution in [2.45, 2.75) is 12.8 Å². The monoisotopic (exact) mass is 341 g/mol. The van der Waals surface area contributed by atoms with Crippen LogP contribution in [0.5, 0.6) is 0 Å². The highest BCUT2D eigenvalue weighted by Crippen LogP contribution is 2.29. The van der Waals surface area contributed by atoms with Crippen molar-refractivity contribution < 1.29 is 9.59 Å². The fraction of sp³-hybridized carbons (Fsp3) is 0.188. The van der Waals surface area contributed by atoms with Crippen molar-refractivity contribution in [3.8, 4) is 6.07 Å². The topological polar surface area (TPSA) is 99.0 Å². The van der Waals surface area contributed by atoms with Crippen LogP contribution < -0.4 is 10.2 Å². The molecule has 24 heavy (non-hydrogen) atoms. The van der Waals surface area contributed by atoms with Crippen LogP contribution in [0.15, 0.2) is 24.4 Å². The number of hydrogen-bond acceptors (Lipinski definition) is 5. The largest absolute Gasteiger partial charge is 0.328 e. The zero-order valence-electron chi connectivity index (χ0n) is 12.5. The second-order valence-corrected chi connectivity index (χ2v) is 5.59. The molecule has 3 rings (SSSR count). The Morgan fingerprint density at radius 2 is 2.29 bits per heavy atom. The van der Waals surface area contributed by atoms with Crippen LogP contribution in [0.3, 0.4) is 0 Å². The summed E-state index contributed by atoms with van der Waals surface area (Å²) in [5.74, 6) is 0.759. The number of halogens is 1. The van der Waals surface area contributed by atoms with Gasteiger partial charge in [0, 0.05) is 12.7 Å². The average molecular weight is 342 g/mol. The van der Waals surface area contributed by atoms with Gasteiger partial charge >= 0.3 is 6.03 Å². The molecule has 120 valence electrons. The number of rotatable bonds is 2. The lowest BCUT2D eigenvalue weighted by atomic mass is 10.1. The molecular weight excluding hydrogens is 330 g/mol. The summed E-state index contributed by atoms with van der Waals surface area (Å²) in [6.45, 7) is 0.474. The molecule has 0 fully saturated rings. The van der Waals surface area contributed by atoms with Crippen molar-refractivity contribution in [2.24, 2.45) is 0 Å². The number of aldehydes is 1. The number of nitrogens with zero attached hydrogens (tertiary/aromatic N) is 4. The predicted molar refractivity (Wildman–Crippen MR) is 88.3 cm³/mol. The Hall–Kier alpha value is -2.98. The maximum absolute atomic E-state index is 12.5. The van der Waals surface area contributed by atoms with Crippen molar-refractivity contribution in [3.05, 3.63) is 46.2 Å². The van der Waals surface area contributed by atoms with E-state index in [4.69, 9.17) is 16.9 Å². The molecule has 0 saturated heterocycles. The Bertz CT molecular complexity index is 845. The Morgan fingerprint density at radius 1 is 1.46 bits per heavy atom. The van der Waals surface area contributed by atoms with E-state index >= 15 is 0 Å². The summed E-state index contributed by atoms with van der Waals surface area (Å²) in [6, 6.07) is 6.35. The number of nitrogens with one attached hydrogen (secondary N) is 1. The first kappa shape index (κ1) is 15.9. The Morgan fingerprint density at radius 3 is 2.96 bits per heavy atom. The molecule has 0 aliphatic carbocycles. The smallest absolute Gasteiger partial charge is 0.296 e. The molecule has 2 aromatic rings. The van der Waals surface area contributed by atoms with E-state index in [0.29, 0.717) is 30.0 Å². The summed E-state index contributed by atoms with van der Waals surface area (Å²) < 4.78 is 0. The first-order chi connectivity index (χ1) is 11.6. The van der Waals surface area contributed by atoms with Crippen molar-refractivity contribution >= 4 is 35.6 Å². The number of amides is 2.